The third-order valence-electron chi connectivity index (χ3n) is 3.72. The van der Waals surface area contributed by atoms with Crippen molar-refractivity contribution >= 4 is 33.1 Å². The predicted molar refractivity (Wildman–Crippen MR) is 93.4 cm³/mol. The molecule has 0 amide bonds. The number of sulfonamides is 1. The van der Waals surface area contributed by atoms with Crippen molar-refractivity contribution in [2.75, 3.05) is 22.7 Å². The normalized spacial score (nSPS) is 14.9. The lowest BCUT2D eigenvalue weighted by atomic mass is 10.2. The quantitative estimate of drug-likeness (QED) is 0.898. The van der Waals surface area contributed by atoms with Crippen molar-refractivity contribution in [2.24, 2.45) is 0 Å². The summed E-state index contributed by atoms with van der Waals surface area (Å²) in [6.45, 7) is 2.02. The first-order valence-electron chi connectivity index (χ1n) is 7.48. The number of rotatable bonds is 5. The van der Waals surface area contributed by atoms with E-state index in [1.165, 1.54) is 12.8 Å². The average Bonchev–Trinajstić information content (AvgIpc) is 3.04. The van der Waals surface area contributed by atoms with Crippen LogP contribution in [0.3, 0.4) is 0 Å². The zero-order valence-corrected chi connectivity index (χ0v) is 14.1. The summed E-state index contributed by atoms with van der Waals surface area (Å²) in [7, 11) is -3.48. The molecule has 0 radical (unpaired) electrons. The maximum atomic E-state index is 12.2. The van der Waals surface area contributed by atoms with E-state index in [-0.39, 0.29) is 5.75 Å². The van der Waals surface area contributed by atoms with Gasteiger partial charge < -0.3 is 4.90 Å². The van der Waals surface area contributed by atoms with E-state index in [0.29, 0.717) is 16.3 Å². The molecule has 1 N–H and O–H groups in total. The van der Waals surface area contributed by atoms with Gasteiger partial charge in [-0.05, 0) is 42.7 Å². The van der Waals surface area contributed by atoms with Crippen molar-refractivity contribution in [3.05, 3.63) is 53.2 Å². The van der Waals surface area contributed by atoms with E-state index in [2.05, 4.69) is 14.6 Å². The second kappa shape index (κ2) is 6.76. The van der Waals surface area contributed by atoms with E-state index in [0.717, 1.165) is 18.9 Å². The molecule has 0 aliphatic carbocycles. The topological polar surface area (TPSA) is 62.3 Å². The number of aromatic nitrogens is 1. The molecule has 122 valence electrons. The third kappa shape index (κ3) is 4.36. The monoisotopic (exact) mass is 351 g/mol. The molecule has 0 bridgehead atoms. The molecular weight excluding hydrogens is 334 g/mol. The Labute approximate surface area is 141 Å². The highest BCUT2D eigenvalue weighted by Crippen LogP contribution is 2.20. The van der Waals surface area contributed by atoms with Gasteiger partial charge in [0.05, 0.1) is 17.6 Å². The Hall–Kier alpha value is -1.79. The van der Waals surface area contributed by atoms with Gasteiger partial charge in [-0.1, -0.05) is 23.7 Å². The molecule has 0 saturated carbocycles. The molecule has 1 saturated heterocycles. The maximum absolute atomic E-state index is 12.2. The van der Waals surface area contributed by atoms with Gasteiger partial charge in [-0.2, -0.15) is 0 Å². The molecular formula is C16H18ClN3O2S. The first-order valence-corrected chi connectivity index (χ1v) is 9.51. The number of hydrogen-bond donors (Lipinski definition) is 1. The van der Waals surface area contributed by atoms with Crippen LogP contribution >= 0.6 is 11.6 Å². The number of nitrogens with zero attached hydrogens (tertiary/aromatic N) is 2. The van der Waals surface area contributed by atoms with E-state index in [1.54, 1.807) is 36.5 Å². The largest absolute Gasteiger partial charge is 0.357 e. The van der Waals surface area contributed by atoms with E-state index < -0.39 is 10.0 Å². The van der Waals surface area contributed by atoms with Crippen LogP contribution in [0.2, 0.25) is 5.02 Å². The fraction of sp³-hybridized carbons (Fsp3) is 0.312. The van der Waals surface area contributed by atoms with E-state index in [4.69, 9.17) is 11.6 Å². The lowest BCUT2D eigenvalue weighted by Gasteiger charge is -2.16. The van der Waals surface area contributed by atoms with Gasteiger partial charge in [-0.3, -0.25) is 4.72 Å². The van der Waals surface area contributed by atoms with Gasteiger partial charge >= 0.3 is 0 Å². The SMILES string of the molecule is O=S(=O)(Cc1ccc(Cl)cc1)Nc1ccc(N2CCCC2)nc1. The molecule has 2 aromatic rings. The average molecular weight is 352 g/mol. The Bertz CT molecular complexity index is 755. The highest BCUT2D eigenvalue weighted by Gasteiger charge is 2.15. The van der Waals surface area contributed by atoms with Crippen molar-refractivity contribution in [2.45, 2.75) is 18.6 Å². The molecule has 0 unspecified atom stereocenters. The summed E-state index contributed by atoms with van der Waals surface area (Å²) in [5.74, 6) is 0.793. The van der Waals surface area contributed by atoms with E-state index in [9.17, 15) is 8.42 Å². The summed E-state index contributed by atoms with van der Waals surface area (Å²) < 4.78 is 27.0. The van der Waals surface area contributed by atoms with Gasteiger partial charge in [-0.25, -0.2) is 13.4 Å². The molecule has 0 atom stereocenters. The van der Waals surface area contributed by atoms with Crippen LogP contribution in [0, 0.1) is 0 Å². The number of anilines is 2. The first kappa shape index (κ1) is 16.1. The summed E-state index contributed by atoms with van der Waals surface area (Å²) in [6.07, 6.45) is 3.92. The molecule has 1 fully saturated rings. The van der Waals surface area contributed by atoms with Crippen LogP contribution in [0.5, 0.6) is 0 Å². The number of benzene rings is 1. The van der Waals surface area contributed by atoms with Gasteiger partial charge in [0.2, 0.25) is 10.0 Å². The smallest absolute Gasteiger partial charge is 0.236 e. The standard InChI is InChI=1S/C16H18ClN3O2S/c17-14-5-3-13(4-6-14)12-23(21,22)19-15-7-8-16(18-11-15)20-9-1-2-10-20/h3-8,11,19H,1-2,9-10,12H2. The summed E-state index contributed by atoms with van der Waals surface area (Å²) in [6, 6.07) is 10.4. The Balaban J connectivity index is 1.66. The van der Waals surface area contributed by atoms with Crippen molar-refractivity contribution in [1.82, 2.24) is 4.98 Å². The lowest BCUT2D eigenvalue weighted by Crippen LogP contribution is -2.19. The number of halogens is 1. The molecule has 1 aromatic carbocycles. The van der Waals surface area contributed by atoms with Crippen molar-refractivity contribution in [3.8, 4) is 0 Å². The molecule has 1 aliphatic heterocycles. The van der Waals surface area contributed by atoms with Gasteiger partial charge in [-0.15, -0.1) is 0 Å². The second-order valence-corrected chi connectivity index (χ2v) is 7.75. The lowest BCUT2D eigenvalue weighted by molar-refractivity contribution is 0.600. The number of pyridine rings is 1. The zero-order chi connectivity index (χ0) is 16.3. The van der Waals surface area contributed by atoms with Crippen LogP contribution in [0.4, 0.5) is 11.5 Å². The molecule has 1 aliphatic rings. The van der Waals surface area contributed by atoms with Crippen molar-refractivity contribution < 1.29 is 8.42 Å². The van der Waals surface area contributed by atoms with Crippen LogP contribution in [-0.4, -0.2) is 26.5 Å². The molecule has 2 heterocycles. The minimum absolute atomic E-state index is 0.0992. The van der Waals surface area contributed by atoms with E-state index >= 15 is 0 Å². The zero-order valence-electron chi connectivity index (χ0n) is 12.6. The molecule has 1 aromatic heterocycles. The maximum Gasteiger partial charge on any atom is 0.236 e. The molecule has 3 rings (SSSR count). The molecule has 5 nitrogen and oxygen atoms in total. The van der Waals surface area contributed by atoms with Gasteiger partial charge in [0.1, 0.15) is 5.82 Å². The number of hydrogen-bond acceptors (Lipinski definition) is 4. The summed E-state index contributed by atoms with van der Waals surface area (Å²) in [5, 5.41) is 0.584. The van der Waals surface area contributed by atoms with Crippen molar-refractivity contribution in [3.63, 3.8) is 0 Å². The molecule has 23 heavy (non-hydrogen) atoms. The summed E-state index contributed by atoms with van der Waals surface area (Å²) in [4.78, 5) is 6.55. The van der Waals surface area contributed by atoms with Crippen molar-refractivity contribution in [1.29, 1.82) is 0 Å². The summed E-state index contributed by atoms with van der Waals surface area (Å²) >= 11 is 5.80. The molecule has 0 spiro atoms. The Kier molecular flexibility index (Phi) is 4.73. The summed E-state index contributed by atoms with van der Waals surface area (Å²) in [5.41, 5.74) is 1.16. The van der Waals surface area contributed by atoms with Crippen LogP contribution in [0.25, 0.3) is 0 Å². The number of nitrogens with one attached hydrogen (secondary N) is 1. The fourth-order valence-electron chi connectivity index (χ4n) is 2.60. The Morgan fingerprint density at radius 2 is 1.78 bits per heavy atom. The highest BCUT2D eigenvalue weighted by atomic mass is 35.5. The fourth-order valence-corrected chi connectivity index (χ4v) is 3.90. The molecule has 7 heteroatoms. The van der Waals surface area contributed by atoms with Gasteiger partial charge in [0.15, 0.2) is 0 Å². The van der Waals surface area contributed by atoms with Crippen LogP contribution in [0.1, 0.15) is 18.4 Å². The van der Waals surface area contributed by atoms with E-state index in [1.807, 2.05) is 6.07 Å². The Morgan fingerprint density at radius 1 is 1.09 bits per heavy atom. The van der Waals surface area contributed by atoms with Crippen LogP contribution in [-0.2, 0) is 15.8 Å². The third-order valence-corrected chi connectivity index (χ3v) is 5.23. The minimum Gasteiger partial charge on any atom is -0.357 e. The minimum atomic E-state index is -3.48. The van der Waals surface area contributed by atoms with Gasteiger partial charge in [0.25, 0.3) is 0 Å². The Morgan fingerprint density at radius 3 is 2.39 bits per heavy atom. The predicted octanol–water partition coefficient (Wildman–Crippen LogP) is 3.28. The second-order valence-electron chi connectivity index (χ2n) is 5.59. The van der Waals surface area contributed by atoms with Crippen LogP contribution in [0.15, 0.2) is 42.6 Å². The van der Waals surface area contributed by atoms with Crippen LogP contribution < -0.4 is 9.62 Å². The highest BCUT2D eigenvalue weighted by molar-refractivity contribution is 7.91. The first-order chi connectivity index (χ1) is 11.0. The van der Waals surface area contributed by atoms with Gasteiger partial charge in [0, 0.05) is 18.1 Å².